The number of benzene rings is 1. The summed E-state index contributed by atoms with van der Waals surface area (Å²) < 4.78 is 10.3. The molecule has 0 aromatic heterocycles. The molecule has 0 aliphatic heterocycles. The molecule has 0 saturated carbocycles. The predicted molar refractivity (Wildman–Crippen MR) is 57.3 cm³/mol. The first-order valence-corrected chi connectivity index (χ1v) is 5.19. The van der Waals surface area contributed by atoms with E-state index in [9.17, 15) is 9.90 Å². The molecular weight excluding hydrogens is 294 g/mol. The summed E-state index contributed by atoms with van der Waals surface area (Å²) in [7, 11) is 1.57. The van der Waals surface area contributed by atoms with Gasteiger partial charge in [0.05, 0.1) is 13.1 Å². The van der Waals surface area contributed by atoms with Crippen molar-refractivity contribution in [1.82, 2.24) is 0 Å². The van der Waals surface area contributed by atoms with Crippen molar-refractivity contribution in [2.75, 3.05) is 7.11 Å². The Morgan fingerprint density at radius 3 is 2.24 bits per heavy atom. The maximum atomic E-state index is 10.8. The van der Waals surface area contributed by atoms with Gasteiger partial charge in [0.15, 0.2) is 0 Å². The molecule has 0 radical (unpaired) electrons. The molecule has 0 spiro atoms. The van der Waals surface area contributed by atoms with Crippen LogP contribution in [0.1, 0.15) is 19.8 Å². The molecule has 1 rings (SSSR count). The van der Waals surface area contributed by atoms with Crippen molar-refractivity contribution >= 4 is 5.97 Å². The van der Waals surface area contributed by atoms with Gasteiger partial charge in [-0.05, 0) is 30.7 Å². The van der Waals surface area contributed by atoms with Gasteiger partial charge in [0.2, 0.25) is 0 Å². The molecule has 0 aliphatic rings. The van der Waals surface area contributed by atoms with Crippen LogP contribution in [0.3, 0.4) is 0 Å². The van der Waals surface area contributed by atoms with Crippen LogP contribution in [0.15, 0.2) is 24.3 Å². The van der Waals surface area contributed by atoms with Crippen molar-refractivity contribution in [1.29, 1.82) is 0 Å². The second kappa shape index (κ2) is 9.08. The van der Waals surface area contributed by atoms with Crippen molar-refractivity contribution in [2.24, 2.45) is 0 Å². The molecule has 1 aromatic carbocycles. The molecule has 1 unspecified atom stereocenters. The van der Waals surface area contributed by atoms with Crippen LogP contribution in [-0.2, 0) is 4.79 Å². The number of carbonyl (C=O) groups is 1. The molecule has 0 bridgehead atoms. The number of carbonyl (C=O) groups excluding carboxylic acids is 1. The number of hydrogen-bond acceptors (Lipinski definition) is 4. The molecular formula is C12H15O4Rb. The molecule has 0 N–H and O–H groups in total. The standard InChI is InChI=1S/C12H16O4.Rb/c1-3-4-11(12(13)14)16-10-7-5-9(15-2)6-8-10;/h5-8,11H,3-4H2,1-2H3,(H,13,14);/q;+1/p-1. The summed E-state index contributed by atoms with van der Waals surface area (Å²) in [5.74, 6) is 0.0222. The minimum atomic E-state index is -1.18. The summed E-state index contributed by atoms with van der Waals surface area (Å²) in [6, 6.07) is 6.77. The van der Waals surface area contributed by atoms with Gasteiger partial charge in [0, 0.05) is 0 Å². The van der Waals surface area contributed by atoms with Gasteiger partial charge in [0.25, 0.3) is 0 Å². The molecule has 0 fully saturated rings. The summed E-state index contributed by atoms with van der Waals surface area (Å²) >= 11 is 0. The number of carboxylic acid groups (broad SMARTS) is 1. The van der Waals surface area contributed by atoms with Crippen molar-refractivity contribution in [3.63, 3.8) is 0 Å². The number of rotatable bonds is 6. The van der Waals surface area contributed by atoms with E-state index in [1.165, 1.54) is 0 Å². The minimum absolute atomic E-state index is 0. The third-order valence-corrected chi connectivity index (χ3v) is 2.15. The van der Waals surface area contributed by atoms with E-state index in [1.807, 2.05) is 6.92 Å². The van der Waals surface area contributed by atoms with Gasteiger partial charge in [-0.3, -0.25) is 0 Å². The summed E-state index contributed by atoms with van der Waals surface area (Å²) in [4.78, 5) is 10.8. The quantitative estimate of drug-likeness (QED) is 0.610. The summed E-state index contributed by atoms with van der Waals surface area (Å²) in [6.45, 7) is 1.90. The van der Waals surface area contributed by atoms with E-state index in [-0.39, 0.29) is 58.2 Å². The number of ether oxygens (including phenoxy) is 2. The molecule has 0 aliphatic carbocycles. The Bertz CT molecular complexity index is 337. The van der Waals surface area contributed by atoms with E-state index in [1.54, 1.807) is 31.4 Å². The second-order valence-corrected chi connectivity index (χ2v) is 3.39. The maximum absolute atomic E-state index is 10.8. The first-order chi connectivity index (χ1) is 7.67. The Morgan fingerprint density at radius 2 is 1.82 bits per heavy atom. The zero-order chi connectivity index (χ0) is 12.0. The zero-order valence-electron chi connectivity index (χ0n) is 10.4. The van der Waals surface area contributed by atoms with E-state index < -0.39 is 12.1 Å². The van der Waals surface area contributed by atoms with E-state index in [0.29, 0.717) is 17.9 Å². The van der Waals surface area contributed by atoms with Crippen LogP contribution in [-0.4, -0.2) is 19.2 Å². The molecule has 1 atom stereocenters. The van der Waals surface area contributed by atoms with Gasteiger partial charge in [0.1, 0.15) is 17.6 Å². The van der Waals surface area contributed by atoms with Crippen LogP contribution >= 0.6 is 0 Å². The van der Waals surface area contributed by atoms with Crippen LogP contribution in [0.2, 0.25) is 0 Å². The Morgan fingerprint density at radius 1 is 1.29 bits per heavy atom. The van der Waals surface area contributed by atoms with Gasteiger partial charge >= 0.3 is 58.2 Å². The van der Waals surface area contributed by atoms with Crippen LogP contribution in [0.4, 0.5) is 0 Å². The fourth-order valence-corrected chi connectivity index (χ4v) is 1.31. The minimum Gasteiger partial charge on any atom is -0.546 e. The smallest absolute Gasteiger partial charge is 0.546 e. The van der Waals surface area contributed by atoms with Gasteiger partial charge in [-0.1, -0.05) is 13.3 Å². The number of methoxy groups -OCH3 is 1. The van der Waals surface area contributed by atoms with Crippen molar-refractivity contribution in [2.45, 2.75) is 25.9 Å². The van der Waals surface area contributed by atoms with E-state index in [2.05, 4.69) is 0 Å². The van der Waals surface area contributed by atoms with Gasteiger partial charge in [-0.15, -0.1) is 0 Å². The molecule has 5 heteroatoms. The average Bonchev–Trinajstić information content (AvgIpc) is 2.29. The van der Waals surface area contributed by atoms with Crippen molar-refractivity contribution in [3.05, 3.63) is 24.3 Å². The molecule has 0 amide bonds. The summed E-state index contributed by atoms with van der Waals surface area (Å²) in [6.07, 6.45) is 0.279. The Labute approximate surface area is 150 Å². The zero-order valence-corrected chi connectivity index (χ0v) is 15.4. The monoisotopic (exact) mass is 308 g/mol. The van der Waals surface area contributed by atoms with Gasteiger partial charge in [-0.25, -0.2) is 0 Å². The van der Waals surface area contributed by atoms with Crippen molar-refractivity contribution < 1.29 is 77.6 Å². The molecule has 17 heavy (non-hydrogen) atoms. The predicted octanol–water partition coefficient (Wildman–Crippen LogP) is -2.00. The fourth-order valence-electron chi connectivity index (χ4n) is 1.31. The molecule has 0 heterocycles. The average molecular weight is 309 g/mol. The summed E-state index contributed by atoms with van der Waals surface area (Å²) in [5, 5.41) is 10.8. The second-order valence-electron chi connectivity index (χ2n) is 3.39. The molecule has 0 saturated heterocycles. The van der Waals surface area contributed by atoms with Crippen molar-refractivity contribution in [3.8, 4) is 11.5 Å². The number of hydrogen-bond donors (Lipinski definition) is 0. The third-order valence-electron chi connectivity index (χ3n) is 2.15. The largest absolute Gasteiger partial charge is 1.00 e. The van der Waals surface area contributed by atoms with E-state index in [0.717, 1.165) is 6.42 Å². The van der Waals surface area contributed by atoms with Crippen LogP contribution in [0, 0.1) is 0 Å². The topological polar surface area (TPSA) is 58.6 Å². The van der Waals surface area contributed by atoms with Crippen LogP contribution in [0.25, 0.3) is 0 Å². The first kappa shape index (κ1) is 17.1. The third kappa shape index (κ3) is 6.00. The van der Waals surface area contributed by atoms with E-state index >= 15 is 0 Å². The number of aliphatic carboxylic acids is 1. The first-order valence-electron chi connectivity index (χ1n) is 5.19. The molecule has 4 nitrogen and oxygen atoms in total. The fraction of sp³-hybridized carbons (Fsp3) is 0.417. The Kier molecular flexibility index (Phi) is 9.13. The molecule has 88 valence electrons. The van der Waals surface area contributed by atoms with E-state index in [4.69, 9.17) is 9.47 Å². The van der Waals surface area contributed by atoms with Gasteiger partial charge in [-0.2, -0.15) is 0 Å². The number of carboxylic acids is 1. The van der Waals surface area contributed by atoms with Gasteiger partial charge < -0.3 is 19.4 Å². The Hall–Kier alpha value is 0.0952. The SMILES string of the molecule is CCCC(Oc1ccc(OC)cc1)C(=O)[O-].[Rb+]. The van der Waals surface area contributed by atoms with Crippen LogP contribution in [0.5, 0.6) is 11.5 Å². The van der Waals surface area contributed by atoms with Crippen LogP contribution < -0.4 is 72.8 Å². The summed E-state index contributed by atoms with van der Waals surface area (Å²) in [5.41, 5.74) is 0. The molecule has 1 aromatic rings. The maximum Gasteiger partial charge on any atom is 1.00 e. The normalized spacial score (nSPS) is 11.2. The Balaban J connectivity index is 0.00000256.